The molecule has 19 heavy (non-hydrogen) atoms. The lowest BCUT2D eigenvalue weighted by molar-refractivity contribution is 0.980. The lowest BCUT2D eigenvalue weighted by Crippen LogP contribution is -2.21. The van der Waals surface area contributed by atoms with Crippen molar-refractivity contribution in [2.24, 2.45) is 10.8 Å². The zero-order valence-electron chi connectivity index (χ0n) is 10.9. The third-order valence-corrected chi connectivity index (χ3v) is 3.27. The average molecular weight is 277 g/mol. The Labute approximate surface area is 114 Å². The average Bonchev–Trinajstić information content (AvgIpc) is 2.99. The van der Waals surface area contributed by atoms with Crippen LogP contribution in [0.15, 0.2) is 15.9 Å². The van der Waals surface area contributed by atoms with Gasteiger partial charge in [0, 0.05) is 18.6 Å². The first kappa shape index (κ1) is 13.4. The molecule has 8 heteroatoms. The molecule has 0 fully saturated rings. The molecule has 0 aliphatic heterocycles. The number of H-pyrrole nitrogens is 1. The third kappa shape index (κ3) is 2.85. The Bertz CT molecular complexity index is 623. The summed E-state index contributed by atoms with van der Waals surface area (Å²) in [6, 6.07) is 0. The summed E-state index contributed by atoms with van der Waals surface area (Å²) in [5.41, 5.74) is 5.04. The molecule has 0 atom stereocenters. The Balaban J connectivity index is 2.37. The number of rotatable bonds is 4. The second kappa shape index (κ2) is 5.72. The van der Waals surface area contributed by atoms with Crippen LogP contribution in [0.3, 0.4) is 0 Å². The van der Waals surface area contributed by atoms with E-state index in [1.807, 2.05) is 19.2 Å². The molecule has 4 N–H and O–H groups in total. The number of allylic oxidation sites excluding steroid dienone is 1. The number of aryl methyl sites for hydroxylation is 1. The lowest BCUT2D eigenvalue weighted by Gasteiger charge is -2.04. The number of thiazole rings is 1. The number of nitrogens with zero attached hydrogens (tertiary/aromatic N) is 4. The first-order chi connectivity index (χ1) is 9.15. The van der Waals surface area contributed by atoms with Gasteiger partial charge >= 0.3 is 0 Å². The molecule has 0 aliphatic carbocycles. The maximum Gasteiger partial charge on any atom is 0.200 e. The maximum atomic E-state index is 5.55. The van der Waals surface area contributed by atoms with Gasteiger partial charge in [-0.15, -0.1) is 11.3 Å². The van der Waals surface area contributed by atoms with E-state index in [1.54, 1.807) is 13.3 Å². The van der Waals surface area contributed by atoms with Crippen LogP contribution in [-0.2, 0) is 0 Å². The topological polar surface area (TPSA) is 105 Å². The largest absolute Gasteiger partial charge is 0.321 e. The van der Waals surface area contributed by atoms with Gasteiger partial charge in [-0.1, -0.05) is 0 Å². The second-order valence-electron chi connectivity index (χ2n) is 3.87. The monoisotopic (exact) mass is 277 g/mol. The van der Waals surface area contributed by atoms with E-state index in [4.69, 9.17) is 5.84 Å². The van der Waals surface area contributed by atoms with E-state index in [1.165, 1.54) is 11.3 Å². The van der Waals surface area contributed by atoms with Crippen molar-refractivity contribution in [3.8, 4) is 11.5 Å². The van der Waals surface area contributed by atoms with Crippen molar-refractivity contribution in [3.63, 3.8) is 0 Å². The van der Waals surface area contributed by atoms with Crippen molar-refractivity contribution in [1.29, 1.82) is 0 Å². The SMILES string of the molecule is CN=C/C(C)=C(/NN)c1nc(-c2n[nH]c(C)n2)cs1. The summed E-state index contributed by atoms with van der Waals surface area (Å²) in [6.07, 6.45) is 1.73. The van der Waals surface area contributed by atoms with Crippen LogP contribution in [0, 0.1) is 6.92 Å². The van der Waals surface area contributed by atoms with E-state index in [0.29, 0.717) is 5.82 Å². The van der Waals surface area contributed by atoms with Gasteiger partial charge in [0.15, 0.2) is 0 Å². The third-order valence-electron chi connectivity index (χ3n) is 2.41. The van der Waals surface area contributed by atoms with Gasteiger partial charge in [0.1, 0.15) is 16.5 Å². The van der Waals surface area contributed by atoms with Crippen LogP contribution < -0.4 is 11.3 Å². The summed E-state index contributed by atoms with van der Waals surface area (Å²) in [4.78, 5) is 12.7. The fourth-order valence-electron chi connectivity index (χ4n) is 1.55. The van der Waals surface area contributed by atoms with E-state index < -0.39 is 0 Å². The molecule has 2 aromatic heterocycles. The summed E-state index contributed by atoms with van der Waals surface area (Å²) in [5.74, 6) is 6.89. The summed E-state index contributed by atoms with van der Waals surface area (Å²) >= 11 is 1.47. The Kier molecular flexibility index (Phi) is 4.03. The van der Waals surface area contributed by atoms with Gasteiger partial charge in [0.05, 0.1) is 5.70 Å². The lowest BCUT2D eigenvalue weighted by atomic mass is 10.2. The molecule has 0 saturated heterocycles. The van der Waals surface area contributed by atoms with E-state index >= 15 is 0 Å². The summed E-state index contributed by atoms with van der Waals surface area (Å²) < 4.78 is 0. The van der Waals surface area contributed by atoms with Crippen LogP contribution in [0.2, 0.25) is 0 Å². The molecule has 0 aliphatic rings. The Hall–Kier alpha value is -2.06. The highest BCUT2D eigenvalue weighted by Crippen LogP contribution is 2.23. The summed E-state index contributed by atoms with van der Waals surface area (Å²) in [5, 5.41) is 9.54. The maximum absolute atomic E-state index is 5.55. The van der Waals surface area contributed by atoms with Crippen LogP contribution in [0.5, 0.6) is 0 Å². The standard InChI is InChI=1S/C11H15N7S/c1-6(4-13-3)9(16-12)11-15-8(5-19-11)10-14-7(2)17-18-10/h4-5,16H,12H2,1-3H3,(H,14,17,18)/b9-6+,13-4?. The molecule has 0 bridgehead atoms. The molecular formula is C11H15N7S. The van der Waals surface area contributed by atoms with Crippen LogP contribution in [0.1, 0.15) is 17.8 Å². The predicted octanol–water partition coefficient (Wildman–Crippen LogP) is 1.13. The van der Waals surface area contributed by atoms with Gasteiger partial charge in [0.25, 0.3) is 0 Å². The minimum Gasteiger partial charge on any atom is -0.321 e. The number of aromatic nitrogens is 4. The van der Waals surface area contributed by atoms with E-state index in [9.17, 15) is 0 Å². The molecule has 2 rings (SSSR count). The zero-order valence-corrected chi connectivity index (χ0v) is 11.7. The molecule has 2 heterocycles. The summed E-state index contributed by atoms with van der Waals surface area (Å²) in [7, 11) is 1.71. The molecule has 0 aromatic carbocycles. The van der Waals surface area contributed by atoms with Crippen LogP contribution in [0.25, 0.3) is 17.2 Å². The molecular weight excluding hydrogens is 262 g/mol. The molecule has 0 amide bonds. The molecule has 0 radical (unpaired) electrons. The Morgan fingerprint density at radius 1 is 1.53 bits per heavy atom. The fraction of sp³-hybridized carbons (Fsp3) is 0.273. The van der Waals surface area contributed by atoms with Gasteiger partial charge in [-0.25, -0.2) is 9.97 Å². The number of hydrogen-bond donors (Lipinski definition) is 3. The Morgan fingerprint density at radius 3 is 2.89 bits per heavy atom. The molecule has 0 unspecified atom stereocenters. The fourth-order valence-corrected chi connectivity index (χ4v) is 2.42. The minimum absolute atomic E-state index is 0.582. The van der Waals surface area contributed by atoms with E-state index in [2.05, 4.69) is 30.6 Å². The minimum atomic E-state index is 0.582. The molecule has 0 spiro atoms. The normalized spacial score (nSPS) is 12.8. The van der Waals surface area contributed by atoms with Crippen molar-refractivity contribution < 1.29 is 0 Å². The second-order valence-corrected chi connectivity index (χ2v) is 4.73. The van der Waals surface area contributed by atoms with Crippen molar-refractivity contribution in [1.82, 2.24) is 25.6 Å². The number of hydrazine groups is 1. The highest BCUT2D eigenvalue weighted by molar-refractivity contribution is 7.11. The first-order valence-corrected chi connectivity index (χ1v) is 6.48. The zero-order chi connectivity index (χ0) is 13.8. The van der Waals surface area contributed by atoms with Gasteiger partial charge < -0.3 is 5.43 Å². The van der Waals surface area contributed by atoms with Crippen LogP contribution in [-0.4, -0.2) is 33.4 Å². The molecule has 7 nitrogen and oxygen atoms in total. The van der Waals surface area contributed by atoms with Crippen molar-refractivity contribution in [2.45, 2.75) is 13.8 Å². The van der Waals surface area contributed by atoms with Gasteiger partial charge in [-0.3, -0.25) is 15.9 Å². The van der Waals surface area contributed by atoms with Crippen molar-refractivity contribution in [3.05, 3.63) is 21.8 Å². The van der Waals surface area contributed by atoms with Crippen molar-refractivity contribution >= 4 is 23.2 Å². The predicted molar refractivity (Wildman–Crippen MR) is 76.6 cm³/mol. The van der Waals surface area contributed by atoms with Gasteiger partial charge in [-0.2, -0.15) is 5.10 Å². The highest BCUT2D eigenvalue weighted by Gasteiger charge is 2.12. The summed E-state index contributed by atoms with van der Waals surface area (Å²) in [6.45, 7) is 3.76. The van der Waals surface area contributed by atoms with Crippen LogP contribution >= 0.6 is 11.3 Å². The number of hydrogen-bond acceptors (Lipinski definition) is 7. The molecule has 2 aromatic rings. The smallest absolute Gasteiger partial charge is 0.200 e. The van der Waals surface area contributed by atoms with Crippen LogP contribution in [0.4, 0.5) is 0 Å². The van der Waals surface area contributed by atoms with Crippen molar-refractivity contribution in [2.75, 3.05) is 7.05 Å². The van der Waals surface area contributed by atoms with Gasteiger partial charge in [-0.05, 0) is 19.4 Å². The Morgan fingerprint density at radius 2 is 2.32 bits per heavy atom. The number of nitrogens with two attached hydrogens (primary N) is 1. The number of aromatic amines is 1. The number of aliphatic imine (C=N–C) groups is 1. The molecule has 0 saturated carbocycles. The van der Waals surface area contributed by atoms with E-state index in [0.717, 1.165) is 27.8 Å². The highest BCUT2D eigenvalue weighted by atomic mass is 32.1. The van der Waals surface area contributed by atoms with E-state index in [-0.39, 0.29) is 0 Å². The first-order valence-electron chi connectivity index (χ1n) is 5.60. The van der Waals surface area contributed by atoms with Gasteiger partial charge in [0.2, 0.25) is 5.82 Å². The quantitative estimate of drug-likeness (QED) is 0.441. The number of nitrogens with one attached hydrogen (secondary N) is 2. The molecule has 100 valence electrons.